The van der Waals surface area contributed by atoms with Crippen LogP contribution in [0.2, 0.25) is 0 Å². The van der Waals surface area contributed by atoms with Gasteiger partial charge in [0.05, 0.1) is 7.11 Å². The minimum Gasteiger partial charge on any atom is -0.497 e. The summed E-state index contributed by atoms with van der Waals surface area (Å²) in [7, 11) is 5.44. The molecule has 0 heterocycles. The predicted molar refractivity (Wildman–Crippen MR) is 127 cm³/mol. The largest absolute Gasteiger partial charge is 0.497 e. The Balaban J connectivity index is 1.94. The molecule has 0 aliphatic heterocycles. The van der Waals surface area contributed by atoms with Crippen LogP contribution in [0.4, 0.5) is 0 Å². The Hall–Kier alpha value is -2.90. The predicted octanol–water partition coefficient (Wildman–Crippen LogP) is 3.06. The molecule has 2 aromatic carbocycles. The molecule has 0 aliphatic carbocycles. The van der Waals surface area contributed by atoms with E-state index in [1.54, 1.807) is 7.11 Å². The second-order valence-corrected chi connectivity index (χ2v) is 8.31. The zero-order valence-electron chi connectivity index (χ0n) is 20.0. The monoisotopic (exact) mass is 457 g/mol. The average Bonchev–Trinajstić information content (AvgIpc) is 2.80. The number of carbonyl (C=O) groups excluding carboxylic acids is 2. The van der Waals surface area contributed by atoms with Gasteiger partial charge in [0.25, 0.3) is 0 Å². The highest BCUT2D eigenvalue weighted by atomic mass is 16.6. The number of aliphatic hydroxyl groups is 1. The summed E-state index contributed by atoms with van der Waals surface area (Å²) >= 11 is 0. The number of nitrogens with zero attached hydrogens (tertiary/aromatic N) is 1. The van der Waals surface area contributed by atoms with Gasteiger partial charge in [0.2, 0.25) is 0 Å². The van der Waals surface area contributed by atoms with E-state index in [0.717, 1.165) is 29.9 Å². The Labute approximate surface area is 196 Å². The molecular weight excluding hydrogens is 422 g/mol. The molecule has 2 rings (SSSR count). The van der Waals surface area contributed by atoms with Gasteiger partial charge in [0.15, 0.2) is 5.78 Å². The van der Waals surface area contributed by atoms with Crippen molar-refractivity contribution in [3.8, 4) is 11.5 Å². The number of benzene rings is 2. The van der Waals surface area contributed by atoms with Crippen molar-refractivity contribution in [2.24, 2.45) is 0 Å². The Morgan fingerprint density at radius 2 is 1.73 bits per heavy atom. The Bertz CT molecular complexity index is 881. The fraction of sp³-hybridized carbons (Fsp3) is 0.462. The van der Waals surface area contributed by atoms with Crippen molar-refractivity contribution in [2.75, 3.05) is 34.4 Å². The molecule has 0 saturated heterocycles. The number of aliphatic hydroxyl groups excluding tert-OH is 1. The maximum atomic E-state index is 12.2. The highest BCUT2D eigenvalue weighted by Gasteiger charge is 2.19. The van der Waals surface area contributed by atoms with Gasteiger partial charge in [-0.25, -0.2) is 0 Å². The molecule has 2 unspecified atom stereocenters. The van der Waals surface area contributed by atoms with Gasteiger partial charge >= 0.3 is 5.97 Å². The molecule has 2 atom stereocenters. The molecule has 7 heteroatoms. The van der Waals surface area contributed by atoms with Crippen LogP contribution in [0.25, 0.3) is 0 Å². The van der Waals surface area contributed by atoms with Crippen molar-refractivity contribution < 1.29 is 28.9 Å². The zero-order chi connectivity index (χ0) is 24.2. The summed E-state index contributed by atoms with van der Waals surface area (Å²) in [5, 5.41) is 9.60. The lowest BCUT2D eigenvalue weighted by atomic mass is 10.0. The second kappa shape index (κ2) is 13.6. The molecular formula is C26H35NO6. The fourth-order valence-electron chi connectivity index (χ4n) is 3.34. The molecule has 0 aliphatic rings. The molecule has 0 saturated carbocycles. The summed E-state index contributed by atoms with van der Waals surface area (Å²) in [6.07, 6.45) is 0.0825. The molecule has 0 fully saturated rings. The number of hydrogen-bond acceptors (Lipinski definition) is 7. The van der Waals surface area contributed by atoms with E-state index in [1.165, 1.54) is 12.5 Å². The number of ketones is 1. The van der Waals surface area contributed by atoms with Crippen LogP contribution < -0.4 is 9.47 Å². The van der Waals surface area contributed by atoms with Crippen LogP contribution in [-0.4, -0.2) is 68.3 Å². The normalized spacial score (nSPS) is 12.8. The number of esters is 1. The minimum atomic E-state index is -1.14. The van der Waals surface area contributed by atoms with Gasteiger partial charge in [-0.2, -0.15) is 0 Å². The summed E-state index contributed by atoms with van der Waals surface area (Å²) < 4.78 is 16.8. The van der Waals surface area contributed by atoms with Crippen LogP contribution in [0.15, 0.2) is 48.5 Å². The Kier molecular flexibility index (Phi) is 10.9. The van der Waals surface area contributed by atoms with Gasteiger partial charge in [-0.3, -0.25) is 9.59 Å². The smallest absolute Gasteiger partial charge is 0.306 e. The van der Waals surface area contributed by atoms with E-state index in [-0.39, 0.29) is 25.2 Å². The van der Waals surface area contributed by atoms with E-state index >= 15 is 0 Å². The molecule has 33 heavy (non-hydrogen) atoms. The van der Waals surface area contributed by atoms with E-state index in [2.05, 4.69) is 12.1 Å². The number of likely N-dealkylation sites (N-methyl/N-ethyl adjacent to an activating group) is 1. The molecule has 0 aromatic heterocycles. The van der Waals surface area contributed by atoms with Gasteiger partial charge < -0.3 is 24.2 Å². The van der Waals surface area contributed by atoms with E-state index < -0.39 is 18.2 Å². The Morgan fingerprint density at radius 3 is 2.36 bits per heavy atom. The molecule has 2 aromatic rings. The highest BCUT2D eigenvalue weighted by Crippen LogP contribution is 2.21. The lowest BCUT2D eigenvalue weighted by molar-refractivity contribution is -0.152. The maximum Gasteiger partial charge on any atom is 0.306 e. The van der Waals surface area contributed by atoms with E-state index in [1.807, 2.05) is 55.4 Å². The van der Waals surface area contributed by atoms with Gasteiger partial charge in [-0.15, -0.1) is 0 Å². The van der Waals surface area contributed by atoms with Gasteiger partial charge in [-0.1, -0.05) is 30.3 Å². The van der Waals surface area contributed by atoms with Crippen molar-refractivity contribution in [3.05, 3.63) is 59.7 Å². The van der Waals surface area contributed by atoms with Crippen molar-refractivity contribution in [2.45, 2.75) is 44.8 Å². The first-order chi connectivity index (χ1) is 15.8. The molecule has 0 bridgehead atoms. The molecule has 1 N–H and O–H groups in total. The number of methoxy groups -OCH3 is 1. The Morgan fingerprint density at radius 1 is 1.03 bits per heavy atom. The van der Waals surface area contributed by atoms with Gasteiger partial charge in [0.1, 0.15) is 30.3 Å². The number of aryl methyl sites for hydroxylation is 2. The van der Waals surface area contributed by atoms with Crippen molar-refractivity contribution >= 4 is 11.8 Å². The van der Waals surface area contributed by atoms with E-state index in [9.17, 15) is 14.7 Å². The number of rotatable bonds is 14. The zero-order valence-corrected chi connectivity index (χ0v) is 20.0. The van der Waals surface area contributed by atoms with Crippen LogP contribution >= 0.6 is 0 Å². The lowest BCUT2D eigenvalue weighted by Gasteiger charge is -2.23. The maximum absolute atomic E-state index is 12.2. The third-order valence-corrected chi connectivity index (χ3v) is 5.20. The second-order valence-electron chi connectivity index (χ2n) is 8.31. The quantitative estimate of drug-likeness (QED) is 0.437. The minimum absolute atomic E-state index is 0.0247. The standard InChI is InChI=1S/C26H35NO6/c1-19(28)24(29)15-16-26(30)33-23(17-27(2)3)18-32-25-8-6-5-7-21(25)12-9-20-10-13-22(31-4)14-11-20/h5-8,10-11,13-14,23-24,29H,9,12,15-18H2,1-4H3. The summed E-state index contributed by atoms with van der Waals surface area (Å²) in [4.78, 5) is 25.3. The lowest BCUT2D eigenvalue weighted by Crippen LogP contribution is -2.35. The van der Waals surface area contributed by atoms with Crippen molar-refractivity contribution in [1.82, 2.24) is 4.90 Å². The number of carbonyl (C=O) groups is 2. The number of para-hydroxylation sites is 1. The first kappa shape index (κ1) is 26.4. The van der Waals surface area contributed by atoms with Gasteiger partial charge in [-0.05, 0) is 69.6 Å². The van der Waals surface area contributed by atoms with Crippen molar-refractivity contribution in [3.63, 3.8) is 0 Å². The van der Waals surface area contributed by atoms with E-state index in [4.69, 9.17) is 14.2 Å². The summed E-state index contributed by atoms with van der Waals surface area (Å²) in [5.41, 5.74) is 2.28. The third-order valence-electron chi connectivity index (χ3n) is 5.20. The topological polar surface area (TPSA) is 85.3 Å². The number of Topliss-reactive ketones (excluding diaryl/α,β-unsaturated/α-hetero) is 1. The van der Waals surface area contributed by atoms with Crippen LogP contribution in [0.1, 0.15) is 30.9 Å². The van der Waals surface area contributed by atoms with E-state index in [0.29, 0.717) is 6.54 Å². The van der Waals surface area contributed by atoms with Crippen LogP contribution in [-0.2, 0) is 27.2 Å². The molecule has 0 amide bonds. The average molecular weight is 458 g/mol. The molecule has 0 radical (unpaired) electrons. The first-order valence-electron chi connectivity index (χ1n) is 11.1. The molecule has 7 nitrogen and oxygen atoms in total. The fourth-order valence-corrected chi connectivity index (χ4v) is 3.34. The summed E-state index contributed by atoms with van der Waals surface area (Å²) in [6.45, 7) is 2.00. The van der Waals surface area contributed by atoms with Crippen LogP contribution in [0, 0.1) is 0 Å². The number of hydrogen-bond donors (Lipinski definition) is 1. The number of ether oxygens (including phenoxy) is 3. The van der Waals surface area contributed by atoms with Crippen molar-refractivity contribution in [1.29, 1.82) is 0 Å². The summed E-state index contributed by atoms with van der Waals surface area (Å²) in [5.74, 6) is 0.776. The van der Waals surface area contributed by atoms with Crippen LogP contribution in [0.3, 0.4) is 0 Å². The first-order valence-corrected chi connectivity index (χ1v) is 11.1. The molecule has 180 valence electrons. The van der Waals surface area contributed by atoms with Crippen LogP contribution in [0.5, 0.6) is 11.5 Å². The highest BCUT2D eigenvalue weighted by molar-refractivity contribution is 5.80. The summed E-state index contributed by atoms with van der Waals surface area (Å²) in [6, 6.07) is 15.9. The third kappa shape index (κ3) is 9.63. The molecule has 0 spiro atoms. The van der Waals surface area contributed by atoms with Gasteiger partial charge in [0, 0.05) is 13.0 Å². The SMILES string of the molecule is COc1ccc(CCc2ccccc2OCC(CN(C)C)OC(=O)CCC(O)C(C)=O)cc1.